The zero-order valence-corrected chi connectivity index (χ0v) is 18.8. The second-order valence-electron chi connectivity index (χ2n) is 8.27. The van der Waals surface area contributed by atoms with Crippen molar-refractivity contribution in [3.8, 4) is 6.07 Å². The van der Waals surface area contributed by atoms with Crippen LogP contribution in [0.5, 0.6) is 0 Å². The van der Waals surface area contributed by atoms with Crippen molar-refractivity contribution in [2.45, 2.75) is 142 Å². The van der Waals surface area contributed by atoms with Gasteiger partial charge >= 0.3 is 5.97 Å². The number of esters is 1. The highest BCUT2D eigenvalue weighted by atomic mass is 16.5. The molecular weight excluding hydrogens is 346 g/mol. The molecule has 3 heteroatoms. The molecule has 0 rings (SSSR count). The van der Waals surface area contributed by atoms with Gasteiger partial charge < -0.3 is 4.74 Å². The van der Waals surface area contributed by atoms with Gasteiger partial charge in [0, 0.05) is 0 Å². The van der Waals surface area contributed by atoms with Crippen LogP contribution in [0.25, 0.3) is 0 Å². The normalized spacial score (nSPS) is 10.7. The number of carbonyl (C=O) groups excluding carboxylic acids is 1. The summed E-state index contributed by atoms with van der Waals surface area (Å²) in [7, 11) is 0. The number of unbranched alkanes of at least 4 members (excludes halogenated alkanes) is 19. The van der Waals surface area contributed by atoms with E-state index in [1.165, 1.54) is 116 Å². The Morgan fingerprint density at radius 3 is 1.25 bits per heavy atom. The zero-order valence-electron chi connectivity index (χ0n) is 18.8. The highest BCUT2D eigenvalue weighted by Crippen LogP contribution is 2.14. The van der Waals surface area contributed by atoms with Crippen molar-refractivity contribution >= 4 is 5.97 Å². The molecule has 164 valence electrons. The third kappa shape index (κ3) is 23.0. The number of rotatable bonds is 22. The Labute approximate surface area is 175 Å². The molecule has 0 amide bonds. The van der Waals surface area contributed by atoms with Crippen molar-refractivity contribution in [2.24, 2.45) is 0 Å². The molecule has 0 spiro atoms. The van der Waals surface area contributed by atoms with Crippen LogP contribution in [0.4, 0.5) is 0 Å². The largest absolute Gasteiger partial charge is 0.465 e. The van der Waals surface area contributed by atoms with Crippen LogP contribution in [-0.2, 0) is 9.53 Å². The molecular formula is C25H47NO2. The molecule has 0 saturated heterocycles. The van der Waals surface area contributed by atoms with Gasteiger partial charge in [0.25, 0.3) is 0 Å². The molecule has 0 aromatic carbocycles. The highest BCUT2D eigenvalue weighted by molar-refractivity contribution is 5.71. The zero-order chi connectivity index (χ0) is 20.5. The molecule has 0 heterocycles. The molecule has 0 atom stereocenters. The number of hydrogen-bond donors (Lipinski definition) is 0. The maximum absolute atomic E-state index is 11.0. The lowest BCUT2D eigenvalue weighted by Crippen LogP contribution is -2.04. The summed E-state index contributed by atoms with van der Waals surface area (Å²) in [6, 6.07) is 1.81. The topological polar surface area (TPSA) is 50.1 Å². The van der Waals surface area contributed by atoms with Gasteiger partial charge in [-0.1, -0.05) is 129 Å². The standard InChI is InChI=1S/C25H47NO2/c1-2-3-4-5-6-7-8-9-10-11-12-13-14-15-16-17-18-19-20-21-24-28-25(27)22-23-26/h2-22,24H2,1H3. The van der Waals surface area contributed by atoms with Crippen LogP contribution in [0, 0.1) is 11.3 Å². The van der Waals surface area contributed by atoms with Gasteiger partial charge in [-0.25, -0.2) is 0 Å². The monoisotopic (exact) mass is 393 g/mol. The average molecular weight is 394 g/mol. The minimum atomic E-state index is -0.389. The second-order valence-corrected chi connectivity index (χ2v) is 8.27. The Morgan fingerprint density at radius 2 is 0.929 bits per heavy atom. The fraction of sp³-hybridized carbons (Fsp3) is 0.920. The lowest BCUT2D eigenvalue weighted by atomic mass is 10.0. The number of carbonyl (C=O) groups is 1. The van der Waals surface area contributed by atoms with Gasteiger partial charge in [-0.2, -0.15) is 5.26 Å². The van der Waals surface area contributed by atoms with E-state index in [0.717, 1.165) is 12.8 Å². The molecule has 0 aromatic rings. The van der Waals surface area contributed by atoms with Crippen LogP contribution in [-0.4, -0.2) is 12.6 Å². The smallest absolute Gasteiger partial charge is 0.320 e. The summed E-state index contributed by atoms with van der Waals surface area (Å²) in [6.45, 7) is 2.76. The molecule has 0 fully saturated rings. The number of nitriles is 1. The SMILES string of the molecule is CCCCCCCCCCCCCCCCCCCCCCOC(=O)CC#N. The van der Waals surface area contributed by atoms with Crippen LogP contribution in [0.1, 0.15) is 142 Å². The Morgan fingerprint density at radius 1 is 0.607 bits per heavy atom. The van der Waals surface area contributed by atoms with Crippen molar-refractivity contribution in [1.29, 1.82) is 5.26 Å². The maximum Gasteiger partial charge on any atom is 0.320 e. The van der Waals surface area contributed by atoms with Gasteiger partial charge in [-0.15, -0.1) is 0 Å². The first-order chi connectivity index (χ1) is 13.8. The van der Waals surface area contributed by atoms with Crippen molar-refractivity contribution in [3.05, 3.63) is 0 Å². The summed E-state index contributed by atoms with van der Waals surface area (Å²) < 4.78 is 4.96. The summed E-state index contributed by atoms with van der Waals surface area (Å²) >= 11 is 0. The van der Waals surface area contributed by atoms with E-state index in [4.69, 9.17) is 10.00 Å². The first-order valence-electron chi connectivity index (χ1n) is 12.3. The predicted octanol–water partition coefficient (Wildman–Crippen LogP) is 8.27. The van der Waals surface area contributed by atoms with Gasteiger partial charge in [0.15, 0.2) is 0 Å². The number of ether oxygens (including phenoxy) is 1. The van der Waals surface area contributed by atoms with Crippen LogP contribution >= 0.6 is 0 Å². The second kappa shape index (κ2) is 24.0. The lowest BCUT2D eigenvalue weighted by Gasteiger charge is -2.04. The van der Waals surface area contributed by atoms with E-state index >= 15 is 0 Å². The van der Waals surface area contributed by atoms with E-state index in [9.17, 15) is 4.79 Å². The molecule has 0 saturated carbocycles. The Kier molecular flexibility index (Phi) is 23.1. The fourth-order valence-electron chi connectivity index (χ4n) is 3.66. The third-order valence-electron chi connectivity index (χ3n) is 5.48. The van der Waals surface area contributed by atoms with E-state index in [2.05, 4.69) is 6.92 Å². The van der Waals surface area contributed by atoms with Crippen LogP contribution in [0.15, 0.2) is 0 Å². The summed E-state index contributed by atoms with van der Waals surface area (Å²) in [6.07, 6.45) is 27.2. The van der Waals surface area contributed by atoms with E-state index in [0.29, 0.717) is 6.61 Å². The lowest BCUT2D eigenvalue weighted by molar-refractivity contribution is -0.142. The molecule has 0 aromatic heterocycles. The van der Waals surface area contributed by atoms with E-state index in [-0.39, 0.29) is 12.4 Å². The first-order valence-corrected chi connectivity index (χ1v) is 12.3. The Balaban J connectivity index is 3.03. The van der Waals surface area contributed by atoms with Crippen molar-refractivity contribution < 1.29 is 9.53 Å². The Hall–Kier alpha value is -1.04. The average Bonchev–Trinajstić information content (AvgIpc) is 2.69. The van der Waals surface area contributed by atoms with Crippen LogP contribution < -0.4 is 0 Å². The number of nitrogens with zero attached hydrogens (tertiary/aromatic N) is 1. The van der Waals surface area contributed by atoms with Crippen molar-refractivity contribution in [3.63, 3.8) is 0 Å². The van der Waals surface area contributed by atoms with Crippen molar-refractivity contribution in [2.75, 3.05) is 6.61 Å². The van der Waals surface area contributed by atoms with Gasteiger partial charge in [0.2, 0.25) is 0 Å². The first kappa shape index (κ1) is 27.0. The predicted molar refractivity (Wildman–Crippen MR) is 119 cm³/mol. The Bertz CT molecular complexity index is 362. The van der Waals surface area contributed by atoms with Crippen LogP contribution in [0.2, 0.25) is 0 Å². The molecule has 0 aliphatic rings. The molecule has 0 aliphatic heterocycles. The summed E-state index contributed by atoms with van der Waals surface area (Å²) in [5.41, 5.74) is 0. The van der Waals surface area contributed by atoms with Crippen LogP contribution in [0.3, 0.4) is 0 Å². The number of hydrogen-bond acceptors (Lipinski definition) is 3. The molecule has 0 radical (unpaired) electrons. The van der Waals surface area contributed by atoms with E-state index in [1.807, 2.05) is 0 Å². The minimum Gasteiger partial charge on any atom is -0.465 e. The van der Waals surface area contributed by atoms with E-state index < -0.39 is 0 Å². The summed E-state index contributed by atoms with van der Waals surface area (Å²) in [5.74, 6) is -0.389. The minimum absolute atomic E-state index is 0.126. The van der Waals surface area contributed by atoms with E-state index in [1.54, 1.807) is 6.07 Å². The molecule has 28 heavy (non-hydrogen) atoms. The quantitative estimate of drug-likeness (QED) is 0.137. The van der Waals surface area contributed by atoms with Gasteiger partial charge in [-0.3, -0.25) is 4.79 Å². The molecule has 0 unspecified atom stereocenters. The third-order valence-corrected chi connectivity index (χ3v) is 5.48. The highest BCUT2D eigenvalue weighted by Gasteiger charge is 2.00. The van der Waals surface area contributed by atoms with Gasteiger partial charge in [0.05, 0.1) is 12.7 Å². The van der Waals surface area contributed by atoms with Crippen molar-refractivity contribution in [1.82, 2.24) is 0 Å². The molecule has 0 bridgehead atoms. The summed E-state index contributed by atoms with van der Waals surface area (Å²) in [4.78, 5) is 11.0. The van der Waals surface area contributed by atoms with Gasteiger partial charge in [-0.05, 0) is 6.42 Å². The molecule has 3 nitrogen and oxygen atoms in total. The van der Waals surface area contributed by atoms with Gasteiger partial charge in [0.1, 0.15) is 6.42 Å². The molecule has 0 N–H and O–H groups in total. The fourth-order valence-corrected chi connectivity index (χ4v) is 3.66. The maximum atomic E-state index is 11.0. The summed E-state index contributed by atoms with van der Waals surface area (Å²) in [5, 5.41) is 8.36. The molecule has 0 aliphatic carbocycles.